The highest BCUT2D eigenvalue weighted by molar-refractivity contribution is 7.87. The summed E-state index contributed by atoms with van der Waals surface area (Å²) in [5.41, 5.74) is 11.8. The minimum Gasteiger partial charge on any atom is -0.351 e. The molecule has 1 radical (unpaired) electrons. The quantitative estimate of drug-likeness (QED) is 0.223. The highest BCUT2D eigenvalue weighted by Crippen LogP contribution is 2.37. The zero-order valence-corrected chi connectivity index (χ0v) is 19.4. The minimum atomic E-state index is -5.11. The molecular formula is C17H14N5O10S3. The van der Waals surface area contributed by atoms with Gasteiger partial charge in [-0.25, -0.2) is 4.79 Å². The SMILES string of the molecule is [NH]c1ccc(N=Nc2cc3c(S(=O)(=O)O)cc(S(=O)(=O)O)cc3cc2S(=O)(=O)O)c(NC(N)=O)c1. The van der Waals surface area contributed by atoms with E-state index in [0.717, 1.165) is 12.1 Å². The molecule has 35 heavy (non-hydrogen) atoms. The lowest BCUT2D eigenvalue weighted by atomic mass is 10.1. The highest BCUT2D eigenvalue weighted by Gasteiger charge is 2.24. The number of primary amides is 1. The average molecular weight is 545 g/mol. The molecule has 18 heteroatoms. The molecule has 185 valence electrons. The molecule has 3 aromatic rings. The van der Waals surface area contributed by atoms with Crippen molar-refractivity contribution in [2.45, 2.75) is 14.7 Å². The fourth-order valence-corrected chi connectivity index (χ4v) is 4.92. The maximum absolute atomic E-state index is 11.9. The summed E-state index contributed by atoms with van der Waals surface area (Å²) < 4.78 is 99.1. The summed E-state index contributed by atoms with van der Waals surface area (Å²) in [6.07, 6.45) is 0. The number of carbonyl (C=O) groups is 1. The average Bonchev–Trinajstić information content (AvgIpc) is 2.69. The van der Waals surface area contributed by atoms with Gasteiger partial charge in [0, 0.05) is 5.39 Å². The Morgan fingerprint density at radius 1 is 0.800 bits per heavy atom. The predicted molar refractivity (Wildman–Crippen MR) is 120 cm³/mol. The van der Waals surface area contributed by atoms with Gasteiger partial charge in [0.05, 0.1) is 16.3 Å². The first kappa shape index (κ1) is 25.9. The highest BCUT2D eigenvalue weighted by atomic mass is 32.2. The van der Waals surface area contributed by atoms with Crippen LogP contribution in [0.25, 0.3) is 10.8 Å². The van der Waals surface area contributed by atoms with Crippen molar-refractivity contribution < 1.29 is 43.7 Å². The molecule has 0 bridgehead atoms. The van der Waals surface area contributed by atoms with Crippen LogP contribution in [0.2, 0.25) is 0 Å². The van der Waals surface area contributed by atoms with Crippen LogP contribution in [0, 0.1) is 0 Å². The minimum absolute atomic E-state index is 0.0514. The number of rotatable bonds is 6. The molecule has 0 atom stereocenters. The van der Waals surface area contributed by atoms with Gasteiger partial charge in [-0.2, -0.15) is 25.3 Å². The first-order valence-electron chi connectivity index (χ1n) is 8.85. The van der Waals surface area contributed by atoms with Crippen LogP contribution in [0.1, 0.15) is 0 Å². The summed E-state index contributed by atoms with van der Waals surface area (Å²) in [5, 5.41) is 8.75. The van der Waals surface area contributed by atoms with Gasteiger partial charge in [0.1, 0.15) is 21.2 Å². The molecule has 3 rings (SSSR count). The van der Waals surface area contributed by atoms with Crippen LogP contribution in [-0.2, 0) is 30.4 Å². The molecule has 0 saturated carbocycles. The van der Waals surface area contributed by atoms with Crippen LogP contribution in [0.3, 0.4) is 0 Å². The van der Waals surface area contributed by atoms with Gasteiger partial charge in [-0.3, -0.25) is 13.7 Å². The number of nitrogens with zero attached hydrogens (tertiary/aromatic N) is 2. The van der Waals surface area contributed by atoms with Crippen molar-refractivity contribution in [3.63, 3.8) is 0 Å². The third kappa shape index (κ3) is 5.88. The Hall–Kier alpha value is -3.68. The number of urea groups is 1. The lowest BCUT2D eigenvalue weighted by Gasteiger charge is -2.10. The molecule has 0 aromatic heterocycles. The van der Waals surface area contributed by atoms with Crippen molar-refractivity contribution in [1.82, 2.24) is 5.73 Å². The van der Waals surface area contributed by atoms with E-state index in [4.69, 9.17) is 11.5 Å². The van der Waals surface area contributed by atoms with Gasteiger partial charge in [0.25, 0.3) is 30.4 Å². The van der Waals surface area contributed by atoms with Crippen molar-refractivity contribution in [2.75, 3.05) is 5.32 Å². The molecular weight excluding hydrogens is 530 g/mol. The first-order chi connectivity index (χ1) is 16.0. The van der Waals surface area contributed by atoms with Gasteiger partial charge in [0.15, 0.2) is 0 Å². The van der Waals surface area contributed by atoms with Crippen LogP contribution in [0.5, 0.6) is 0 Å². The summed E-state index contributed by atoms with van der Waals surface area (Å²) in [6.45, 7) is 0. The largest absolute Gasteiger partial charge is 0.351 e. The van der Waals surface area contributed by atoms with Crippen LogP contribution in [0.15, 0.2) is 67.4 Å². The molecule has 7 N–H and O–H groups in total. The van der Waals surface area contributed by atoms with E-state index < -0.39 is 67.5 Å². The molecule has 0 heterocycles. The Bertz CT molecular complexity index is 1730. The Morgan fingerprint density at radius 3 is 1.94 bits per heavy atom. The molecule has 0 spiro atoms. The molecule has 0 unspecified atom stereocenters. The molecule has 0 aliphatic heterocycles. The lowest BCUT2D eigenvalue weighted by Crippen LogP contribution is -2.19. The zero-order valence-electron chi connectivity index (χ0n) is 16.9. The number of nitrogens with two attached hydrogens (primary N) is 1. The van der Waals surface area contributed by atoms with E-state index in [1.165, 1.54) is 12.1 Å². The van der Waals surface area contributed by atoms with Crippen molar-refractivity contribution >= 4 is 69.9 Å². The number of carbonyl (C=O) groups excluding carboxylic acids is 1. The van der Waals surface area contributed by atoms with E-state index in [1.807, 2.05) is 0 Å². The van der Waals surface area contributed by atoms with E-state index in [0.29, 0.717) is 18.2 Å². The van der Waals surface area contributed by atoms with E-state index >= 15 is 0 Å². The second-order valence-corrected chi connectivity index (χ2v) is 11.0. The number of nitrogens with one attached hydrogen (secondary N) is 2. The van der Waals surface area contributed by atoms with Gasteiger partial charge in [-0.1, -0.05) is 0 Å². The zero-order chi connectivity index (χ0) is 26.3. The van der Waals surface area contributed by atoms with Gasteiger partial charge in [-0.15, -0.1) is 10.2 Å². The molecule has 0 aliphatic rings. The molecule has 2 amide bonds. The summed E-state index contributed by atoms with van der Waals surface area (Å²) in [6, 6.07) is 5.17. The molecule has 0 fully saturated rings. The fraction of sp³-hybridized carbons (Fsp3) is 0. The van der Waals surface area contributed by atoms with Crippen molar-refractivity contribution in [1.29, 1.82) is 0 Å². The summed E-state index contributed by atoms with van der Waals surface area (Å²) in [4.78, 5) is 8.25. The number of benzene rings is 3. The number of azo groups is 1. The van der Waals surface area contributed by atoms with Crippen molar-refractivity contribution in [3.05, 3.63) is 42.5 Å². The Labute approximate surface area is 197 Å². The van der Waals surface area contributed by atoms with Crippen LogP contribution >= 0.6 is 0 Å². The summed E-state index contributed by atoms with van der Waals surface area (Å²) in [5.74, 6) is 0. The molecule has 15 nitrogen and oxygen atoms in total. The number of hydrogen-bond acceptors (Lipinski definition) is 9. The Kier molecular flexibility index (Phi) is 6.55. The second kappa shape index (κ2) is 8.83. The maximum atomic E-state index is 11.9. The molecule has 3 aromatic carbocycles. The summed E-state index contributed by atoms with van der Waals surface area (Å²) in [7, 11) is -15.2. The van der Waals surface area contributed by atoms with Gasteiger partial charge < -0.3 is 16.8 Å². The van der Waals surface area contributed by atoms with Crippen LogP contribution in [-0.4, -0.2) is 44.9 Å². The van der Waals surface area contributed by atoms with Crippen molar-refractivity contribution in [2.24, 2.45) is 16.0 Å². The number of fused-ring (bicyclic) bond motifs is 1. The predicted octanol–water partition coefficient (Wildman–Crippen LogP) is 2.40. The topological polar surface area (TPSA) is 267 Å². The smallest absolute Gasteiger partial charge is 0.316 e. The van der Waals surface area contributed by atoms with Gasteiger partial charge in [-0.05, 0) is 47.9 Å². The third-order valence-corrected chi connectivity index (χ3v) is 6.95. The number of anilines is 1. The van der Waals surface area contributed by atoms with Gasteiger partial charge >= 0.3 is 6.03 Å². The Balaban J connectivity index is 2.35. The van der Waals surface area contributed by atoms with Crippen molar-refractivity contribution in [3.8, 4) is 0 Å². The summed E-state index contributed by atoms with van der Waals surface area (Å²) >= 11 is 0. The molecule has 0 aliphatic carbocycles. The number of amides is 2. The Morgan fingerprint density at radius 2 is 1.40 bits per heavy atom. The van der Waals surface area contributed by atoms with E-state index in [2.05, 4.69) is 15.5 Å². The van der Waals surface area contributed by atoms with E-state index in [9.17, 15) is 43.7 Å². The number of hydrogen-bond donors (Lipinski definition) is 5. The van der Waals surface area contributed by atoms with Crippen LogP contribution in [0.4, 0.5) is 27.5 Å². The third-order valence-electron chi connectivity index (χ3n) is 4.34. The standard InChI is InChI=1S/C17H14N5O10S3/c18-9-1-2-12(13(5-9)20-17(19)23)21-22-14-7-11-8(4-16(14)35(30,31)32)3-10(33(24,25)26)6-15(11)34(27,28)29/h1-7,18H,(H3,19,20,23)(H,24,25,26)(H,27,28,29)(H,30,31,32). The second-order valence-electron chi connectivity index (χ2n) is 6.81. The lowest BCUT2D eigenvalue weighted by molar-refractivity contribution is 0.259. The monoisotopic (exact) mass is 544 g/mol. The fourth-order valence-electron chi connectivity index (χ4n) is 2.93. The van der Waals surface area contributed by atoms with Gasteiger partial charge in [0.2, 0.25) is 0 Å². The molecule has 0 saturated heterocycles. The van der Waals surface area contributed by atoms with Crippen LogP contribution < -0.4 is 16.8 Å². The normalized spacial score (nSPS) is 12.8. The maximum Gasteiger partial charge on any atom is 0.316 e. The van der Waals surface area contributed by atoms with E-state index in [1.54, 1.807) is 0 Å². The first-order valence-corrected chi connectivity index (χ1v) is 13.2. The van der Waals surface area contributed by atoms with E-state index in [-0.39, 0.29) is 17.1 Å².